The molecular formula is C11H17N3O2. The van der Waals surface area contributed by atoms with E-state index < -0.39 is 0 Å². The maximum atomic E-state index is 5.33. The minimum Gasteiger partial charge on any atom is -0.381 e. The van der Waals surface area contributed by atoms with Crippen molar-refractivity contribution in [2.24, 2.45) is 5.92 Å². The molecule has 3 rings (SSSR count). The molecular weight excluding hydrogens is 206 g/mol. The van der Waals surface area contributed by atoms with Crippen LogP contribution in [-0.2, 0) is 11.2 Å². The fourth-order valence-corrected chi connectivity index (χ4v) is 2.39. The zero-order valence-electron chi connectivity index (χ0n) is 9.32. The van der Waals surface area contributed by atoms with Gasteiger partial charge in [0.05, 0.1) is 6.04 Å². The summed E-state index contributed by atoms with van der Waals surface area (Å²) in [5, 5.41) is 7.42. The van der Waals surface area contributed by atoms with E-state index in [0.717, 1.165) is 50.7 Å². The summed E-state index contributed by atoms with van der Waals surface area (Å²) in [4.78, 5) is 4.46. The molecule has 0 bridgehead atoms. The van der Waals surface area contributed by atoms with Crippen LogP contribution in [0.5, 0.6) is 0 Å². The van der Waals surface area contributed by atoms with E-state index in [4.69, 9.17) is 9.26 Å². The van der Waals surface area contributed by atoms with Crippen molar-refractivity contribution in [2.45, 2.75) is 31.7 Å². The Labute approximate surface area is 94.6 Å². The van der Waals surface area contributed by atoms with Crippen molar-refractivity contribution >= 4 is 0 Å². The average Bonchev–Trinajstić information content (AvgIpc) is 2.99. The third kappa shape index (κ3) is 2.10. The van der Waals surface area contributed by atoms with Crippen molar-refractivity contribution in [3.8, 4) is 0 Å². The SMILES string of the molecule is C1CNC(c2noc(CC3CCOC3)n2)C1. The van der Waals surface area contributed by atoms with Crippen LogP contribution in [0.1, 0.15) is 37.0 Å². The molecule has 2 atom stereocenters. The molecule has 0 radical (unpaired) electrons. The molecule has 2 fully saturated rings. The standard InChI is InChI=1S/C11H17N3O2/c1-2-9(12-4-1)11-13-10(16-14-11)6-8-3-5-15-7-8/h8-9,12H,1-7H2. The second-order valence-corrected chi connectivity index (χ2v) is 4.63. The van der Waals surface area contributed by atoms with Crippen LogP contribution in [-0.4, -0.2) is 29.9 Å². The highest BCUT2D eigenvalue weighted by Crippen LogP contribution is 2.22. The van der Waals surface area contributed by atoms with Crippen molar-refractivity contribution in [2.75, 3.05) is 19.8 Å². The average molecular weight is 223 g/mol. The van der Waals surface area contributed by atoms with Crippen LogP contribution in [0.3, 0.4) is 0 Å². The second-order valence-electron chi connectivity index (χ2n) is 4.63. The van der Waals surface area contributed by atoms with Crippen LogP contribution in [0.25, 0.3) is 0 Å². The minimum absolute atomic E-state index is 0.303. The Balaban J connectivity index is 1.62. The predicted molar refractivity (Wildman–Crippen MR) is 56.9 cm³/mol. The minimum atomic E-state index is 0.303. The fraction of sp³-hybridized carbons (Fsp3) is 0.818. The van der Waals surface area contributed by atoms with Gasteiger partial charge in [-0.15, -0.1) is 0 Å². The van der Waals surface area contributed by atoms with E-state index in [1.807, 2.05) is 0 Å². The van der Waals surface area contributed by atoms with Gasteiger partial charge in [0.15, 0.2) is 5.82 Å². The first-order valence-corrected chi connectivity index (χ1v) is 6.05. The Morgan fingerprint density at radius 3 is 3.12 bits per heavy atom. The Hall–Kier alpha value is -0.940. The number of hydrogen-bond acceptors (Lipinski definition) is 5. The van der Waals surface area contributed by atoms with Gasteiger partial charge in [-0.2, -0.15) is 4.98 Å². The third-order valence-electron chi connectivity index (χ3n) is 3.34. The smallest absolute Gasteiger partial charge is 0.227 e. The van der Waals surface area contributed by atoms with Gasteiger partial charge in [0.25, 0.3) is 0 Å². The molecule has 3 heterocycles. The lowest BCUT2D eigenvalue weighted by Crippen LogP contribution is -2.14. The van der Waals surface area contributed by atoms with Gasteiger partial charge in [0, 0.05) is 19.6 Å². The summed E-state index contributed by atoms with van der Waals surface area (Å²) in [5.41, 5.74) is 0. The molecule has 0 aromatic carbocycles. The molecule has 0 amide bonds. The summed E-state index contributed by atoms with van der Waals surface area (Å²) in [6, 6.07) is 0.303. The van der Waals surface area contributed by atoms with E-state index in [1.54, 1.807) is 0 Å². The first kappa shape index (κ1) is 10.2. The maximum Gasteiger partial charge on any atom is 0.227 e. The highest BCUT2D eigenvalue weighted by molar-refractivity contribution is 4.97. The van der Waals surface area contributed by atoms with Crippen molar-refractivity contribution < 1.29 is 9.26 Å². The van der Waals surface area contributed by atoms with Crippen molar-refractivity contribution in [3.05, 3.63) is 11.7 Å². The summed E-state index contributed by atoms with van der Waals surface area (Å²) < 4.78 is 10.6. The Morgan fingerprint density at radius 2 is 2.38 bits per heavy atom. The number of rotatable bonds is 3. The zero-order chi connectivity index (χ0) is 10.8. The van der Waals surface area contributed by atoms with Crippen molar-refractivity contribution in [1.82, 2.24) is 15.5 Å². The van der Waals surface area contributed by atoms with Gasteiger partial charge in [-0.05, 0) is 31.7 Å². The summed E-state index contributed by atoms with van der Waals surface area (Å²) in [7, 11) is 0. The first-order valence-electron chi connectivity index (χ1n) is 6.05. The lowest BCUT2D eigenvalue weighted by Gasteiger charge is -2.02. The normalized spacial score (nSPS) is 30.0. The van der Waals surface area contributed by atoms with Gasteiger partial charge in [-0.25, -0.2) is 0 Å². The van der Waals surface area contributed by atoms with E-state index in [1.165, 1.54) is 6.42 Å². The lowest BCUT2D eigenvalue weighted by molar-refractivity contribution is 0.183. The lowest BCUT2D eigenvalue weighted by atomic mass is 10.1. The first-order chi connectivity index (χ1) is 7.92. The van der Waals surface area contributed by atoms with Gasteiger partial charge in [-0.1, -0.05) is 5.16 Å². The van der Waals surface area contributed by atoms with Gasteiger partial charge < -0.3 is 14.6 Å². The van der Waals surface area contributed by atoms with E-state index in [-0.39, 0.29) is 0 Å². The predicted octanol–water partition coefficient (Wildman–Crippen LogP) is 1.07. The molecule has 1 aromatic rings. The Kier molecular flexibility index (Phi) is 2.88. The van der Waals surface area contributed by atoms with Crippen LogP contribution in [0.15, 0.2) is 4.52 Å². The van der Waals surface area contributed by atoms with Crippen LogP contribution in [0, 0.1) is 5.92 Å². The number of hydrogen-bond donors (Lipinski definition) is 1. The van der Waals surface area contributed by atoms with E-state index >= 15 is 0 Å². The van der Waals surface area contributed by atoms with E-state index in [9.17, 15) is 0 Å². The van der Waals surface area contributed by atoms with E-state index in [0.29, 0.717) is 12.0 Å². The topological polar surface area (TPSA) is 60.2 Å². The van der Waals surface area contributed by atoms with Gasteiger partial charge in [-0.3, -0.25) is 0 Å². The Morgan fingerprint density at radius 1 is 1.38 bits per heavy atom. The molecule has 16 heavy (non-hydrogen) atoms. The number of nitrogens with one attached hydrogen (secondary N) is 1. The summed E-state index contributed by atoms with van der Waals surface area (Å²) in [6.45, 7) is 2.76. The maximum absolute atomic E-state index is 5.33. The molecule has 2 aliphatic heterocycles. The molecule has 0 spiro atoms. The van der Waals surface area contributed by atoms with Gasteiger partial charge >= 0.3 is 0 Å². The van der Waals surface area contributed by atoms with Crippen LogP contribution in [0.4, 0.5) is 0 Å². The van der Waals surface area contributed by atoms with Crippen molar-refractivity contribution in [1.29, 1.82) is 0 Å². The van der Waals surface area contributed by atoms with Crippen molar-refractivity contribution in [3.63, 3.8) is 0 Å². The van der Waals surface area contributed by atoms with Crippen LogP contribution >= 0.6 is 0 Å². The molecule has 0 saturated carbocycles. The molecule has 0 aliphatic carbocycles. The van der Waals surface area contributed by atoms with Gasteiger partial charge in [0.2, 0.25) is 5.89 Å². The molecule has 88 valence electrons. The largest absolute Gasteiger partial charge is 0.381 e. The number of nitrogens with zero attached hydrogens (tertiary/aromatic N) is 2. The summed E-state index contributed by atoms with van der Waals surface area (Å²) in [6.07, 6.45) is 4.29. The monoisotopic (exact) mass is 223 g/mol. The number of aromatic nitrogens is 2. The Bertz CT molecular complexity index is 341. The third-order valence-corrected chi connectivity index (χ3v) is 3.34. The number of ether oxygens (including phenoxy) is 1. The summed E-state index contributed by atoms with van der Waals surface area (Å²) >= 11 is 0. The zero-order valence-corrected chi connectivity index (χ0v) is 9.32. The van der Waals surface area contributed by atoms with Gasteiger partial charge in [0.1, 0.15) is 0 Å². The van der Waals surface area contributed by atoms with Crippen LogP contribution in [0.2, 0.25) is 0 Å². The highest BCUT2D eigenvalue weighted by Gasteiger charge is 2.23. The molecule has 2 aliphatic rings. The quantitative estimate of drug-likeness (QED) is 0.830. The van der Waals surface area contributed by atoms with Crippen LogP contribution < -0.4 is 5.32 Å². The molecule has 5 nitrogen and oxygen atoms in total. The fourth-order valence-electron chi connectivity index (χ4n) is 2.39. The molecule has 1 N–H and O–H groups in total. The molecule has 2 unspecified atom stereocenters. The molecule has 1 aromatic heterocycles. The second kappa shape index (κ2) is 4.51. The molecule has 2 saturated heterocycles. The molecule has 5 heteroatoms. The van der Waals surface area contributed by atoms with E-state index in [2.05, 4.69) is 15.5 Å². The summed E-state index contributed by atoms with van der Waals surface area (Å²) in [5.74, 6) is 2.15. The highest BCUT2D eigenvalue weighted by atomic mass is 16.5.